The molecule has 1 aliphatic carbocycles. The number of halogens is 1. The predicted molar refractivity (Wildman–Crippen MR) is 69.6 cm³/mol. The average molecular weight is 257 g/mol. The van der Waals surface area contributed by atoms with Gasteiger partial charge in [0.2, 0.25) is 0 Å². The summed E-state index contributed by atoms with van der Waals surface area (Å²) in [7, 11) is 0. The molecule has 1 atom stereocenters. The van der Waals surface area contributed by atoms with Gasteiger partial charge in [0.25, 0.3) is 0 Å². The summed E-state index contributed by atoms with van der Waals surface area (Å²) >= 11 is 6.26. The summed E-state index contributed by atoms with van der Waals surface area (Å²) in [5, 5.41) is 5.06. The van der Waals surface area contributed by atoms with Crippen LogP contribution in [0.3, 0.4) is 0 Å². The molecule has 4 nitrogen and oxygen atoms in total. The van der Waals surface area contributed by atoms with E-state index in [9.17, 15) is 0 Å². The summed E-state index contributed by atoms with van der Waals surface area (Å²) in [5.74, 6) is 6.31. The fourth-order valence-corrected chi connectivity index (χ4v) is 3.03. The van der Waals surface area contributed by atoms with Gasteiger partial charge in [0.1, 0.15) is 0 Å². The van der Waals surface area contributed by atoms with E-state index in [2.05, 4.69) is 24.4 Å². The molecule has 96 valence electrons. The Bertz CT molecular complexity index is 369. The Kier molecular flexibility index (Phi) is 4.07. The van der Waals surface area contributed by atoms with Gasteiger partial charge < -0.3 is 0 Å². The van der Waals surface area contributed by atoms with Crippen LogP contribution in [0.4, 0.5) is 0 Å². The van der Waals surface area contributed by atoms with Crippen molar-refractivity contribution in [3.8, 4) is 0 Å². The standard InChI is InChI=1S/C12H21ClN4/c1-8(2)17-12(10(13)7-15-17)11(16-14)9-5-3-4-6-9/h7-9,11,16H,3-6,14H2,1-2H3. The summed E-state index contributed by atoms with van der Waals surface area (Å²) in [6, 6.07) is 0.421. The molecule has 0 bridgehead atoms. The third kappa shape index (κ3) is 2.49. The van der Waals surface area contributed by atoms with Crippen molar-refractivity contribution in [2.24, 2.45) is 11.8 Å². The Morgan fingerprint density at radius 1 is 1.47 bits per heavy atom. The number of hydrazine groups is 1. The van der Waals surface area contributed by atoms with E-state index in [-0.39, 0.29) is 6.04 Å². The highest BCUT2D eigenvalue weighted by Gasteiger charge is 2.30. The molecule has 1 heterocycles. The number of nitrogens with one attached hydrogen (secondary N) is 1. The molecule has 1 aliphatic rings. The van der Waals surface area contributed by atoms with E-state index in [0.717, 1.165) is 5.69 Å². The van der Waals surface area contributed by atoms with Gasteiger partial charge in [-0.2, -0.15) is 5.10 Å². The maximum absolute atomic E-state index is 6.26. The Labute approximate surface area is 107 Å². The molecule has 17 heavy (non-hydrogen) atoms. The highest BCUT2D eigenvalue weighted by atomic mass is 35.5. The molecule has 1 unspecified atom stereocenters. The second-order valence-electron chi connectivity index (χ2n) is 5.10. The van der Waals surface area contributed by atoms with E-state index >= 15 is 0 Å². The molecule has 0 saturated heterocycles. The summed E-state index contributed by atoms with van der Waals surface area (Å²) in [6.45, 7) is 4.21. The van der Waals surface area contributed by atoms with Gasteiger partial charge in [0.15, 0.2) is 0 Å². The lowest BCUT2D eigenvalue weighted by atomic mass is 9.95. The number of nitrogens with zero attached hydrogens (tertiary/aromatic N) is 2. The van der Waals surface area contributed by atoms with Crippen LogP contribution in [0.15, 0.2) is 6.20 Å². The molecule has 0 radical (unpaired) electrons. The Morgan fingerprint density at radius 3 is 2.65 bits per heavy atom. The lowest BCUT2D eigenvalue weighted by Gasteiger charge is -2.25. The van der Waals surface area contributed by atoms with Gasteiger partial charge in [0.05, 0.1) is 23.0 Å². The van der Waals surface area contributed by atoms with Crippen molar-refractivity contribution in [1.29, 1.82) is 0 Å². The second-order valence-corrected chi connectivity index (χ2v) is 5.51. The van der Waals surface area contributed by atoms with E-state index in [1.54, 1.807) is 6.20 Å². The zero-order valence-electron chi connectivity index (χ0n) is 10.5. The van der Waals surface area contributed by atoms with Gasteiger partial charge in [0, 0.05) is 6.04 Å². The maximum atomic E-state index is 6.26. The molecule has 1 saturated carbocycles. The Hall–Kier alpha value is -0.580. The molecule has 1 aromatic rings. The molecular weight excluding hydrogens is 236 g/mol. The first-order valence-electron chi connectivity index (χ1n) is 6.34. The Balaban J connectivity index is 2.32. The lowest BCUT2D eigenvalue weighted by Crippen LogP contribution is -2.34. The van der Waals surface area contributed by atoms with Crippen LogP contribution < -0.4 is 11.3 Å². The van der Waals surface area contributed by atoms with Crippen molar-refractivity contribution in [1.82, 2.24) is 15.2 Å². The van der Waals surface area contributed by atoms with Crippen molar-refractivity contribution in [2.75, 3.05) is 0 Å². The number of hydrogen-bond acceptors (Lipinski definition) is 3. The van der Waals surface area contributed by atoms with E-state index in [0.29, 0.717) is 17.0 Å². The minimum Gasteiger partial charge on any atom is -0.271 e. The SMILES string of the molecule is CC(C)n1ncc(Cl)c1C(NN)C1CCCC1. The second kappa shape index (κ2) is 5.38. The van der Waals surface area contributed by atoms with Gasteiger partial charge in [-0.1, -0.05) is 24.4 Å². The van der Waals surface area contributed by atoms with Crippen LogP contribution in [0, 0.1) is 5.92 Å². The minimum absolute atomic E-state index is 0.120. The number of aromatic nitrogens is 2. The molecule has 5 heteroatoms. The average Bonchev–Trinajstić information content (AvgIpc) is 2.91. The molecule has 0 spiro atoms. The summed E-state index contributed by atoms with van der Waals surface area (Å²) in [5.41, 5.74) is 3.98. The van der Waals surface area contributed by atoms with Crippen LogP contribution in [0.1, 0.15) is 57.3 Å². The van der Waals surface area contributed by atoms with Gasteiger partial charge in [-0.25, -0.2) is 0 Å². The maximum Gasteiger partial charge on any atom is 0.0834 e. The first kappa shape index (κ1) is 12.9. The van der Waals surface area contributed by atoms with Crippen molar-refractivity contribution >= 4 is 11.6 Å². The third-order valence-corrected chi connectivity index (χ3v) is 3.91. The molecule has 1 aromatic heterocycles. The monoisotopic (exact) mass is 256 g/mol. The topological polar surface area (TPSA) is 55.9 Å². The minimum atomic E-state index is 0.120. The van der Waals surface area contributed by atoms with Crippen molar-refractivity contribution < 1.29 is 0 Å². The van der Waals surface area contributed by atoms with Crippen LogP contribution in [-0.4, -0.2) is 9.78 Å². The molecule has 0 aromatic carbocycles. The van der Waals surface area contributed by atoms with E-state index in [1.165, 1.54) is 25.7 Å². The zero-order chi connectivity index (χ0) is 12.4. The lowest BCUT2D eigenvalue weighted by molar-refractivity contribution is 0.341. The van der Waals surface area contributed by atoms with Gasteiger partial charge in [-0.15, -0.1) is 0 Å². The van der Waals surface area contributed by atoms with Crippen LogP contribution in [0.25, 0.3) is 0 Å². The van der Waals surface area contributed by atoms with E-state index in [4.69, 9.17) is 17.4 Å². The zero-order valence-corrected chi connectivity index (χ0v) is 11.2. The Morgan fingerprint density at radius 2 is 2.12 bits per heavy atom. The third-order valence-electron chi connectivity index (χ3n) is 3.62. The smallest absolute Gasteiger partial charge is 0.0834 e. The molecular formula is C12H21ClN4. The van der Waals surface area contributed by atoms with Crippen molar-refractivity contribution in [3.05, 3.63) is 16.9 Å². The fourth-order valence-electron chi connectivity index (χ4n) is 2.78. The first-order valence-corrected chi connectivity index (χ1v) is 6.72. The summed E-state index contributed by atoms with van der Waals surface area (Å²) in [4.78, 5) is 0. The molecule has 0 amide bonds. The van der Waals surface area contributed by atoms with Gasteiger partial charge in [-0.05, 0) is 32.6 Å². The van der Waals surface area contributed by atoms with Gasteiger partial charge in [-0.3, -0.25) is 16.0 Å². The van der Waals surface area contributed by atoms with Crippen molar-refractivity contribution in [2.45, 2.75) is 51.6 Å². The first-order chi connectivity index (χ1) is 8.15. The molecule has 0 aliphatic heterocycles. The van der Waals surface area contributed by atoms with Crippen LogP contribution >= 0.6 is 11.6 Å². The normalized spacial score (nSPS) is 19.1. The fraction of sp³-hybridized carbons (Fsp3) is 0.750. The summed E-state index contributed by atoms with van der Waals surface area (Å²) < 4.78 is 1.98. The highest BCUT2D eigenvalue weighted by Crippen LogP contribution is 2.38. The number of nitrogens with two attached hydrogens (primary N) is 1. The van der Waals surface area contributed by atoms with E-state index < -0.39 is 0 Å². The number of hydrogen-bond donors (Lipinski definition) is 2. The molecule has 1 fully saturated rings. The van der Waals surface area contributed by atoms with Crippen LogP contribution in [0.5, 0.6) is 0 Å². The quantitative estimate of drug-likeness (QED) is 0.643. The number of rotatable bonds is 4. The predicted octanol–water partition coefficient (Wildman–Crippen LogP) is 2.81. The molecule has 2 rings (SSSR count). The largest absolute Gasteiger partial charge is 0.271 e. The van der Waals surface area contributed by atoms with E-state index in [1.807, 2.05) is 4.68 Å². The summed E-state index contributed by atoms with van der Waals surface area (Å²) in [6.07, 6.45) is 6.73. The van der Waals surface area contributed by atoms with Crippen LogP contribution in [-0.2, 0) is 0 Å². The van der Waals surface area contributed by atoms with Crippen LogP contribution in [0.2, 0.25) is 5.02 Å². The highest BCUT2D eigenvalue weighted by molar-refractivity contribution is 6.31. The van der Waals surface area contributed by atoms with Crippen molar-refractivity contribution in [3.63, 3.8) is 0 Å². The molecule has 3 N–H and O–H groups in total. The van der Waals surface area contributed by atoms with Gasteiger partial charge >= 0.3 is 0 Å².